The van der Waals surface area contributed by atoms with Gasteiger partial charge in [-0.25, -0.2) is 0 Å². The van der Waals surface area contributed by atoms with Gasteiger partial charge in [-0.15, -0.1) is 0 Å². The molecule has 6 heteroatoms. The predicted octanol–water partition coefficient (Wildman–Crippen LogP) is 24.2. The summed E-state index contributed by atoms with van der Waals surface area (Å²) in [7, 11) is 0. The first-order valence-electron chi connectivity index (χ1n) is 35.1. The first kappa shape index (κ1) is 77.6. The van der Waals surface area contributed by atoms with E-state index in [-0.39, 0.29) is 31.1 Å². The highest BCUT2D eigenvalue weighted by molar-refractivity contribution is 5.71. The summed E-state index contributed by atoms with van der Waals surface area (Å²) in [4.78, 5) is 38.4. The Kier molecular flexibility index (Phi) is 66.2. The fourth-order valence-electron chi connectivity index (χ4n) is 10.1. The summed E-state index contributed by atoms with van der Waals surface area (Å²) >= 11 is 0. The Morgan fingerprint density at radius 2 is 0.481 bits per heavy atom. The van der Waals surface area contributed by atoms with Crippen LogP contribution in [-0.4, -0.2) is 37.2 Å². The van der Waals surface area contributed by atoms with Crippen LogP contribution >= 0.6 is 0 Å². The number of rotatable bonds is 64. The second-order valence-corrected chi connectivity index (χ2v) is 23.4. The van der Waals surface area contributed by atoms with E-state index in [1.807, 2.05) is 0 Å². The molecule has 1 unspecified atom stereocenters. The molecule has 0 radical (unpaired) electrons. The molecule has 0 fully saturated rings. The van der Waals surface area contributed by atoms with Crippen LogP contribution in [0.25, 0.3) is 0 Å². The van der Waals surface area contributed by atoms with Crippen LogP contribution in [0.4, 0.5) is 0 Å². The van der Waals surface area contributed by atoms with Gasteiger partial charge in [-0.2, -0.15) is 0 Å². The van der Waals surface area contributed by atoms with Gasteiger partial charge in [-0.1, -0.05) is 305 Å². The van der Waals surface area contributed by atoms with Crippen LogP contribution in [0.15, 0.2) is 85.1 Å². The van der Waals surface area contributed by atoms with Gasteiger partial charge in [0.2, 0.25) is 0 Å². The number of carbonyl (C=O) groups excluding carboxylic acids is 3. The van der Waals surface area contributed by atoms with E-state index in [0.717, 1.165) is 96.3 Å². The van der Waals surface area contributed by atoms with Gasteiger partial charge >= 0.3 is 17.9 Å². The van der Waals surface area contributed by atoms with Crippen molar-refractivity contribution in [2.75, 3.05) is 13.2 Å². The topological polar surface area (TPSA) is 78.9 Å². The summed E-state index contributed by atoms with van der Waals surface area (Å²) in [6.45, 7) is 6.56. The standard InChI is InChI=1S/C75H132O6/c1-4-7-10-13-16-19-22-25-28-31-33-34-35-36-37-38-39-40-41-42-43-45-47-50-53-56-59-62-65-68-74(77)80-71-72(70-79-73(76)67-64-61-58-55-52-49-46-30-27-24-21-18-15-12-9-6-3)81-75(78)69-66-63-60-57-54-51-48-44-32-29-26-23-20-17-14-11-8-5-2/h7,10,16,19,25,28-30,32-34,36-37,46,72H,4-6,8-9,11-15,17-18,20-24,26-27,31,35,38-45,47-71H2,1-3H3/b10-7-,19-16-,28-25-,32-29-,34-33-,37-36-,46-30-. The summed E-state index contributed by atoms with van der Waals surface area (Å²) < 4.78 is 17.0. The van der Waals surface area contributed by atoms with E-state index in [2.05, 4.69) is 106 Å². The molecule has 1 atom stereocenters. The first-order valence-corrected chi connectivity index (χ1v) is 35.1. The summed E-state index contributed by atoms with van der Waals surface area (Å²) in [5.41, 5.74) is 0. The monoisotopic (exact) mass is 1130 g/mol. The van der Waals surface area contributed by atoms with Gasteiger partial charge in [0.15, 0.2) is 6.10 Å². The SMILES string of the molecule is CC/C=C\C/C=C\C/C=C\C/C=C\C/C=C\CCCCCCCCCCCCCCCC(=O)OCC(COC(=O)CCCCCCC/C=C\CCCCCCCCC)OC(=O)CCCCCCCCC/C=C\CCCCCCCCC. The Labute approximate surface area is 503 Å². The second kappa shape index (κ2) is 69.1. The zero-order chi connectivity index (χ0) is 58.5. The van der Waals surface area contributed by atoms with E-state index >= 15 is 0 Å². The number of allylic oxidation sites excluding steroid dienone is 14. The molecule has 81 heavy (non-hydrogen) atoms. The average molecular weight is 1130 g/mol. The fourth-order valence-corrected chi connectivity index (χ4v) is 10.1. The largest absolute Gasteiger partial charge is 0.462 e. The third-order valence-electron chi connectivity index (χ3n) is 15.4. The molecule has 0 aromatic rings. The van der Waals surface area contributed by atoms with E-state index in [0.29, 0.717) is 19.3 Å². The zero-order valence-corrected chi connectivity index (χ0v) is 53.8. The normalized spacial score (nSPS) is 12.6. The molecule has 0 aromatic carbocycles. The maximum Gasteiger partial charge on any atom is 0.306 e. The van der Waals surface area contributed by atoms with Crippen molar-refractivity contribution in [2.24, 2.45) is 0 Å². The van der Waals surface area contributed by atoms with E-state index in [1.54, 1.807) is 0 Å². The zero-order valence-electron chi connectivity index (χ0n) is 53.8. The van der Waals surface area contributed by atoms with E-state index in [1.165, 1.54) is 218 Å². The van der Waals surface area contributed by atoms with Crippen LogP contribution in [0.1, 0.15) is 355 Å². The molecule has 0 amide bonds. The van der Waals surface area contributed by atoms with Gasteiger partial charge in [0.05, 0.1) is 0 Å². The van der Waals surface area contributed by atoms with Gasteiger partial charge in [0.1, 0.15) is 13.2 Å². The molecule has 0 spiro atoms. The molecule has 0 aromatic heterocycles. The lowest BCUT2D eigenvalue weighted by Gasteiger charge is -2.18. The number of carbonyl (C=O) groups is 3. The van der Waals surface area contributed by atoms with Crippen LogP contribution in [0.5, 0.6) is 0 Å². The van der Waals surface area contributed by atoms with Crippen molar-refractivity contribution in [3.8, 4) is 0 Å². The van der Waals surface area contributed by atoms with E-state index in [9.17, 15) is 14.4 Å². The van der Waals surface area contributed by atoms with Gasteiger partial charge < -0.3 is 14.2 Å². The minimum Gasteiger partial charge on any atom is -0.462 e. The maximum atomic E-state index is 12.9. The highest BCUT2D eigenvalue weighted by atomic mass is 16.6. The quantitative estimate of drug-likeness (QED) is 0.0261. The van der Waals surface area contributed by atoms with Gasteiger partial charge in [-0.05, 0) is 116 Å². The summed E-state index contributed by atoms with van der Waals surface area (Å²) in [6.07, 6.45) is 91.7. The van der Waals surface area contributed by atoms with Crippen molar-refractivity contribution in [1.29, 1.82) is 0 Å². The van der Waals surface area contributed by atoms with Crippen LogP contribution in [0.3, 0.4) is 0 Å². The second-order valence-electron chi connectivity index (χ2n) is 23.4. The fraction of sp³-hybridized carbons (Fsp3) is 0.773. The molecule has 468 valence electrons. The summed E-state index contributed by atoms with van der Waals surface area (Å²) in [5, 5.41) is 0. The number of hydrogen-bond acceptors (Lipinski definition) is 6. The average Bonchev–Trinajstić information content (AvgIpc) is 3.47. The van der Waals surface area contributed by atoms with Crippen molar-refractivity contribution in [1.82, 2.24) is 0 Å². The lowest BCUT2D eigenvalue weighted by Crippen LogP contribution is -2.30. The van der Waals surface area contributed by atoms with Crippen molar-refractivity contribution < 1.29 is 28.6 Å². The van der Waals surface area contributed by atoms with E-state index in [4.69, 9.17) is 14.2 Å². The highest BCUT2D eigenvalue weighted by Gasteiger charge is 2.19. The minimum absolute atomic E-state index is 0.0786. The molecule has 0 aliphatic rings. The number of esters is 3. The smallest absolute Gasteiger partial charge is 0.306 e. The third-order valence-corrected chi connectivity index (χ3v) is 15.4. The molecular formula is C75H132O6. The molecule has 0 heterocycles. The molecule has 0 aliphatic carbocycles. The molecule has 0 saturated carbocycles. The maximum absolute atomic E-state index is 12.9. The Morgan fingerprint density at radius 1 is 0.259 bits per heavy atom. The van der Waals surface area contributed by atoms with E-state index < -0.39 is 6.10 Å². The number of ether oxygens (including phenoxy) is 3. The van der Waals surface area contributed by atoms with Crippen molar-refractivity contribution in [2.45, 2.75) is 361 Å². The Balaban J connectivity index is 4.29. The lowest BCUT2D eigenvalue weighted by atomic mass is 10.0. The summed E-state index contributed by atoms with van der Waals surface area (Å²) in [5.74, 6) is -0.874. The summed E-state index contributed by atoms with van der Waals surface area (Å²) in [6, 6.07) is 0. The molecule has 0 saturated heterocycles. The molecule has 0 N–H and O–H groups in total. The van der Waals surface area contributed by atoms with Crippen molar-refractivity contribution >= 4 is 17.9 Å². The molecular weight excluding hydrogens is 997 g/mol. The Morgan fingerprint density at radius 3 is 0.765 bits per heavy atom. The van der Waals surface area contributed by atoms with Gasteiger partial charge in [0.25, 0.3) is 0 Å². The Hall–Kier alpha value is -3.41. The first-order chi connectivity index (χ1) is 40.0. The number of unbranched alkanes of at least 4 members (excludes halogenated alkanes) is 39. The van der Waals surface area contributed by atoms with Crippen molar-refractivity contribution in [3.05, 3.63) is 85.1 Å². The highest BCUT2D eigenvalue weighted by Crippen LogP contribution is 2.17. The minimum atomic E-state index is -0.783. The van der Waals surface area contributed by atoms with Crippen LogP contribution in [0.2, 0.25) is 0 Å². The van der Waals surface area contributed by atoms with Crippen molar-refractivity contribution in [3.63, 3.8) is 0 Å². The third kappa shape index (κ3) is 67.3. The van der Waals surface area contributed by atoms with Crippen LogP contribution in [-0.2, 0) is 28.6 Å². The van der Waals surface area contributed by atoms with Crippen LogP contribution < -0.4 is 0 Å². The molecule has 0 bridgehead atoms. The molecule has 6 nitrogen and oxygen atoms in total. The molecule has 0 aliphatic heterocycles. The Bertz CT molecular complexity index is 1530. The van der Waals surface area contributed by atoms with Crippen LogP contribution in [0, 0.1) is 0 Å². The molecule has 0 rings (SSSR count). The van der Waals surface area contributed by atoms with Gasteiger partial charge in [0, 0.05) is 19.3 Å². The lowest BCUT2D eigenvalue weighted by molar-refractivity contribution is -0.167. The predicted molar refractivity (Wildman–Crippen MR) is 353 cm³/mol. The van der Waals surface area contributed by atoms with Gasteiger partial charge in [-0.3, -0.25) is 14.4 Å². The number of hydrogen-bond donors (Lipinski definition) is 0.